The van der Waals surface area contributed by atoms with Crippen LogP contribution in [0.15, 0.2) is 35.3 Å². The molecule has 10 heteroatoms. The number of hydrogen-bond donors (Lipinski definition) is 0. The van der Waals surface area contributed by atoms with Crippen molar-refractivity contribution in [1.82, 2.24) is 13.8 Å². The van der Waals surface area contributed by atoms with Crippen molar-refractivity contribution < 1.29 is 17.9 Å². The molecule has 0 amide bonds. The van der Waals surface area contributed by atoms with E-state index in [9.17, 15) is 13.2 Å². The number of pyridine rings is 1. The van der Waals surface area contributed by atoms with Gasteiger partial charge in [0.15, 0.2) is 11.5 Å². The highest BCUT2D eigenvalue weighted by Crippen LogP contribution is 2.38. The summed E-state index contributed by atoms with van der Waals surface area (Å²) < 4.78 is 38.6. The van der Waals surface area contributed by atoms with Crippen molar-refractivity contribution in [2.45, 2.75) is 20.0 Å². The third-order valence-corrected chi connectivity index (χ3v) is 8.48. The standard InChI is InChI=1S/C23H29N3O5S2/c1-5-25-15-19(16-6-7-20(30-2)21(12-16)31-3)22-18(23(25)27)13-17(32-22)14-24-8-10-26(11-9-24)33(4,28)29/h6-7,12-13,15H,5,8-11,14H2,1-4H3. The maximum atomic E-state index is 13.1. The predicted molar refractivity (Wildman–Crippen MR) is 132 cm³/mol. The molecule has 1 aliphatic heterocycles. The highest BCUT2D eigenvalue weighted by molar-refractivity contribution is 7.88. The summed E-state index contributed by atoms with van der Waals surface area (Å²) in [6.07, 6.45) is 3.17. The van der Waals surface area contributed by atoms with Gasteiger partial charge in [-0.1, -0.05) is 6.07 Å². The summed E-state index contributed by atoms with van der Waals surface area (Å²) in [7, 11) is 0.0564. The van der Waals surface area contributed by atoms with Gasteiger partial charge in [-0.3, -0.25) is 9.69 Å². The number of hydrogen-bond acceptors (Lipinski definition) is 7. The van der Waals surface area contributed by atoms with E-state index < -0.39 is 10.0 Å². The van der Waals surface area contributed by atoms with Crippen LogP contribution >= 0.6 is 11.3 Å². The zero-order chi connectivity index (χ0) is 23.8. The molecule has 0 aliphatic carbocycles. The number of benzene rings is 1. The Morgan fingerprint density at radius 3 is 2.33 bits per heavy atom. The monoisotopic (exact) mass is 491 g/mol. The average Bonchev–Trinajstić information content (AvgIpc) is 3.23. The average molecular weight is 492 g/mol. The van der Waals surface area contributed by atoms with E-state index in [4.69, 9.17) is 9.47 Å². The number of rotatable bonds is 7. The highest BCUT2D eigenvalue weighted by Gasteiger charge is 2.24. The molecule has 4 rings (SSSR count). The summed E-state index contributed by atoms with van der Waals surface area (Å²) in [4.78, 5) is 16.4. The van der Waals surface area contributed by atoms with Crippen LogP contribution in [0, 0.1) is 0 Å². The number of aryl methyl sites for hydroxylation is 1. The van der Waals surface area contributed by atoms with Gasteiger partial charge in [0.1, 0.15) is 0 Å². The molecule has 0 unspecified atom stereocenters. The predicted octanol–water partition coefficient (Wildman–Crippen LogP) is 2.84. The van der Waals surface area contributed by atoms with E-state index in [1.54, 1.807) is 30.1 Å². The van der Waals surface area contributed by atoms with E-state index in [0.717, 1.165) is 20.7 Å². The molecular formula is C23H29N3O5S2. The fourth-order valence-corrected chi connectivity index (χ4v) is 6.24. The van der Waals surface area contributed by atoms with E-state index in [1.807, 2.05) is 37.4 Å². The van der Waals surface area contributed by atoms with Crippen molar-refractivity contribution in [1.29, 1.82) is 0 Å². The Bertz CT molecular complexity index is 1320. The molecular weight excluding hydrogens is 462 g/mol. The van der Waals surface area contributed by atoms with Crippen LogP contribution in [0.3, 0.4) is 0 Å². The van der Waals surface area contributed by atoms with Crippen LogP contribution in [-0.2, 0) is 23.1 Å². The molecule has 3 heterocycles. The molecule has 3 aromatic rings. The first-order chi connectivity index (χ1) is 15.7. The Morgan fingerprint density at radius 2 is 1.73 bits per heavy atom. The zero-order valence-corrected chi connectivity index (χ0v) is 21.0. The lowest BCUT2D eigenvalue weighted by molar-refractivity contribution is 0.183. The van der Waals surface area contributed by atoms with Crippen LogP contribution in [0.25, 0.3) is 21.2 Å². The second kappa shape index (κ2) is 9.46. The van der Waals surface area contributed by atoms with Crippen LogP contribution in [0.1, 0.15) is 11.8 Å². The molecule has 0 saturated carbocycles. The van der Waals surface area contributed by atoms with Crippen molar-refractivity contribution in [2.75, 3.05) is 46.7 Å². The quantitative estimate of drug-likeness (QED) is 0.506. The fraction of sp³-hybridized carbons (Fsp3) is 0.435. The molecule has 0 N–H and O–H groups in total. The van der Waals surface area contributed by atoms with Crippen LogP contribution in [0.5, 0.6) is 11.5 Å². The SMILES string of the molecule is CCn1cc(-c2ccc(OC)c(OC)c2)c2sc(CN3CCN(S(C)(=O)=O)CC3)cc2c1=O. The lowest BCUT2D eigenvalue weighted by Gasteiger charge is -2.32. The van der Waals surface area contributed by atoms with Crippen molar-refractivity contribution in [3.8, 4) is 22.6 Å². The third-order valence-electron chi connectivity index (χ3n) is 6.02. The lowest BCUT2D eigenvalue weighted by atomic mass is 10.1. The van der Waals surface area contributed by atoms with Crippen molar-refractivity contribution in [3.05, 3.63) is 45.7 Å². The summed E-state index contributed by atoms with van der Waals surface area (Å²) in [5.74, 6) is 1.29. The van der Waals surface area contributed by atoms with Gasteiger partial charge in [0.2, 0.25) is 10.0 Å². The number of methoxy groups -OCH3 is 2. The minimum absolute atomic E-state index is 0.00104. The van der Waals surface area contributed by atoms with Gasteiger partial charge in [0, 0.05) is 60.6 Å². The minimum atomic E-state index is -3.16. The molecule has 0 spiro atoms. The first-order valence-electron chi connectivity index (χ1n) is 10.8. The highest BCUT2D eigenvalue weighted by atomic mass is 32.2. The fourth-order valence-electron chi connectivity index (χ4n) is 4.19. The Morgan fingerprint density at radius 1 is 1.03 bits per heavy atom. The van der Waals surface area contributed by atoms with E-state index in [2.05, 4.69) is 4.90 Å². The molecule has 2 aromatic heterocycles. The van der Waals surface area contributed by atoms with Gasteiger partial charge in [-0.15, -0.1) is 11.3 Å². The summed E-state index contributed by atoms with van der Waals surface area (Å²) >= 11 is 1.62. The number of ether oxygens (including phenoxy) is 2. The maximum Gasteiger partial charge on any atom is 0.259 e. The lowest BCUT2D eigenvalue weighted by Crippen LogP contribution is -2.47. The molecule has 33 heavy (non-hydrogen) atoms. The number of thiophene rings is 1. The normalized spacial score (nSPS) is 15.8. The Balaban J connectivity index is 1.70. The molecule has 0 atom stereocenters. The molecule has 1 aromatic carbocycles. The van der Waals surface area contributed by atoms with Crippen LogP contribution in [0.4, 0.5) is 0 Å². The Kier molecular flexibility index (Phi) is 6.81. The van der Waals surface area contributed by atoms with E-state index >= 15 is 0 Å². The van der Waals surface area contributed by atoms with Gasteiger partial charge in [0.05, 0.1) is 25.9 Å². The van der Waals surface area contributed by atoms with Gasteiger partial charge in [-0.25, -0.2) is 8.42 Å². The van der Waals surface area contributed by atoms with Gasteiger partial charge in [0.25, 0.3) is 5.56 Å². The number of nitrogens with zero attached hydrogens (tertiary/aromatic N) is 3. The smallest absolute Gasteiger partial charge is 0.259 e. The van der Waals surface area contributed by atoms with E-state index in [1.165, 1.54) is 10.6 Å². The molecule has 0 bridgehead atoms. The molecule has 8 nitrogen and oxygen atoms in total. The topological polar surface area (TPSA) is 81.1 Å². The Hall–Kier alpha value is -2.40. The van der Waals surface area contributed by atoms with Gasteiger partial charge >= 0.3 is 0 Å². The number of fused-ring (bicyclic) bond motifs is 1. The summed E-state index contributed by atoms with van der Waals surface area (Å²) in [5.41, 5.74) is 1.93. The molecule has 1 fully saturated rings. The van der Waals surface area contributed by atoms with E-state index in [-0.39, 0.29) is 5.56 Å². The largest absolute Gasteiger partial charge is 0.493 e. The van der Waals surface area contributed by atoms with Gasteiger partial charge < -0.3 is 14.0 Å². The van der Waals surface area contributed by atoms with Crippen LogP contribution < -0.4 is 15.0 Å². The molecule has 1 aliphatic rings. The number of piperazine rings is 1. The summed E-state index contributed by atoms with van der Waals surface area (Å²) in [6, 6.07) is 7.77. The Labute approximate surface area is 198 Å². The summed E-state index contributed by atoms with van der Waals surface area (Å²) in [6.45, 7) is 5.54. The molecule has 178 valence electrons. The second-order valence-corrected chi connectivity index (χ2v) is 11.2. The minimum Gasteiger partial charge on any atom is -0.493 e. The zero-order valence-electron chi connectivity index (χ0n) is 19.3. The van der Waals surface area contributed by atoms with Crippen molar-refractivity contribution in [3.63, 3.8) is 0 Å². The summed E-state index contributed by atoms with van der Waals surface area (Å²) in [5, 5.41) is 0.707. The second-order valence-electron chi connectivity index (χ2n) is 8.10. The first kappa shape index (κ1) is 23.7. The third kappa shape index (κ3) is 4.79. The molecule has 0 radical (unpaired) electrons. The maximum absolute atomic E-state index is 13.1. The van der Waals surface area contributed by atoms with Crippen molar-refractivity contribution >= 4 is 31.4 Å². The number of aromatic nitrogens is 1. The van der Waals surface area contributed by atoms with Crippen LogP contribution in [0.2, 0.25) is 0 Å². The van der Waals surface area contributed by atoms with E-state index in [0.29, 0.717) is 56.2 Å². The number of sulfonamides is 1. The van der Waals surface area contributed by atoms with Crippen molar-refractivity contribution in [2.24, 2.45) is 0 Å². The van der Waals surface area contributed by atoms with Crippen LogP contribution in [-0.4, -0.2) is 68.8 Å². The molecule has 1 saturated heterocycles. The van der Waals surface area contributed by atoms with Gasteiger partial charge in [-0.2, -0.15) is 4.31 Å². The first-order valence-corrected chi connectivity index (χ1v) is 13.5. The van der Waals surface area contributed by atoms with Gasteiger partial charge in [-0.05, 0) is 30.7 Å².